The van der Waals surface area contributed by atoms with Crippen molar-refractivity contribution < 1.29 is 26.8 Å². The predicted octanol–water partition coefficient (Wildman–Crippen LogP) is 4.66. The van der Waals surface area contributed by atoms with Gasteiger partial charge in [0.25, 0.3) is 0 Å². The Hall–Kier alpha value is -3.31. The van der Waals surface area contributed by atoms with Gasteiger partial charge in [-0.15, -0.1) is 0 Å². The number of rotatable bonds is 12. The van der Waals surface area contributed by atoms with Crippen molar-refractivity contribution in [3.8, 4) is 0 Å². The lowest BCUT2D eigenvalue weighted by Gasteiger charge is -2.33. The van der Waals surface area contributed by atoms with Gasteiger partial charge >= 0.3 is 0 Å². The molecule has 3 rings (SSSR count). The number of carbonyl (C=O) groups is 2. The number of amides is 2. The maximum absolute atomic E-state index is 14.0. The van der Waals surface area contributed by atoms with Crippen LogP contribution in [-0.2, 0) is 32.6 Å². The highest BCUT2D eigenvalue weighted by atomic mass is 79.9. The minimum atomic E-state index is -4.08. The molecule has 208 valence electrons. The van der Waals surface area contributed by atoms with E-state index < -0.39 is 40.2 Å². The molecule has 1 N–H and O–H groups in total. The summed E-state index contributed by atoms with van der Waals surface area (Å²) in [6, 6.07) is 18.0. The Morgan fingerprint density at radius 2 is 1.62 bits per heavy atom. The summed E-state index contributed by atoms with van der Waals surface area (Å²) in [4.78, 5) is 28.6. The van der Waals surface area contributed by atoms with Gasteiger partial charge < -0.3 is 10.2 Å². The maximum atomic E-state index is 14.0. The summed E-state index contributed by atoms with van der Waals surface area (Å²) < 4.78 is 54.4. The lowest BCUT2D eigenvalue weighted by Crippen LogP contribution is -2.53. The first-order valence-corrected chi connectivity index (χ1v) is 14.9. The van der Waals surface area contributed by atoms with E-state index in [1.807, 2.05) is 37.3 Å². The summed E-state index contributed by atoms with van der Waals surface area (Å²) in [5.74, 6) is -3.46. The van der Waals surface area contributed by atoms with E-state index in [-0.39, 0.29) is 24.6 Å². The van der Waals surface area contributed by atoms with E-state index in [9.17, 15) is 26.8 Å². The fourth-order valence-electron chi connectivity index (χ4n) is 3.96. The van der Waals surface area contributed by atoms with Crippen molar-refractivity contribution >= 4 is 43.5 Å². The highest BCUT2D eigenvalue weighted by Crippen LogP contribution is 2.23. The third kappa shape index (κ3) is 8.59. The van der Waals surface area contributed by atoms with Crippen LogP contribution in [0, 0.1) is 11.6 Å². The average Bonchev–Trinajstić information content (AvgIpc) is 2.90. The van der Waals surface area contributed by atoms with Crippen molar-refractivity contribution in [3.63, 3.8) is 0 Å². The van der Waals surface area contributed by atoms with Gasteiger partial charge in [-0.05, 0) is 41.8 Å². The second-order valence-electron chi connectivity index (χ2n) is 9.01. The lowest BCUT2D eigenvalue weighted by molar-refractivity contribution is -0.140. The summed E-state index contributed by atoms with van der Waals surface area (Å²) in [6.07, 6.45) is 1.74. The highest BCUT2D eigenvalue weighted by Gasteiger charge is 2.33. The van der Waals surface area contributed by atoms with Gasteiger partial charge in [0.15, 0.2) is 11.6 Å². The number of halogens is 3. The SMILES string of the molecule is CCCNC(=O)[C@H](Cc1ccccc1)N(Cc1ccc(Br)cc1)C(=O)CN(c1ccc(F)c(F)c1)S(C)(=O)=O. The third-order valence-corrected chi connectivity index (χ3v) is 7.63. The normalized spacial score (nSPS) is 12.0. The summed E-state index contributed by atoms with van der Waals surface area (Å²) in [6.45, 7) is 1.60. The first-order chi connectivity index (χ1) is 18.5. The van der Waals surface area contributed by atoms with Crippen LogP contribution in [0.2, 0.25) is 0 Å². The Balaban J connectivity index is 2.04. The third-order valence-electron chi connectivity index (χ3n) is 5.96. The lowest BCUT2D eigenvalue weighted by atomic mass is 10.0. The van der Waals surface area contributed by atoms with E-state index in [0.717, 1.165) is 34.5 Å². The van der Waals surface area contributed by atoms with Crippen molar-refractivity contribution in [2.24, 2.45) is 0 Å². The molecule has 0 spiro atoms. The molecule has 0 aromatic heterocycles. The van der Waals surface area contributed by atoms with Crippen molar-refractivity contribution in [1.29, 1.82) is 0 Å². The molecule has 39 heavy (non-hydrogen) atoms. The summed E-state index contributed by atoms with van der Waals surface area (Å²) >= 11 is 3.38. The van der Waals surface area contributed by atoms with Gasteiger partial charge in [0.2, 0.25) is 21.8 Å². The van der Waals surface area contributed by atoms with Crippen LogP contribution in [0.4, 0.5) is 14.5 Å². The molecule has 0 saturated carbocycles. The quantitative estimate of drug-likeness (QED) is 0.319. The van der Waals surface area contributed by atoms with Crippen molar-refractivity contribution in [2.45, 2.75) is 32.4 Å². The molecule has 3 aromatic rings. The molecule has 11 heteroatoms. The topological polar surface area (TPSA) is 86.8 Å². The molecule has 0 fully saturated rings. The molecule has 7 nitrogen and oxygen atoms in total. The number of sulfonamides is 1. The molecule has 2 amide bonds. The van der Waals surface area contributed by atoms with Crippen LogP contribution in [0.15, 0.2) is 77.3 Å². The van der Waals surface area contributed by atoms with Crippen LogP contribution >= 0.6 is 15.9 Å². The zero-order chi connectivity index (χ0) is 28.6. The Kier molecular flexibility index (Phi) is 10.6. The predicted molar refractivity (Wildman–Crippen MR) is 150 cm³/mol. The Morgan fingerprint density at radius 3 is 2.21 bits per heavy atom. The van der Waals surface area contributed by atoms with E-state index in [2.05, 4.69) is 21.2 Å². The Bertz CT molecular complexity index is 1390. The van der Waals surface area contributed by atoms with E-state index >= 15 is 0 Å². The molecule has 0 aliphatic rings. The van der Waals surface area contributed by atoms with Crippen molar-refractivity contribution in [1.82, 2.24) is 10.2 Å². The monoisotopic (exact) mass is 621 g/mol. The van der Waals surface area contributed by atoms with E-state index in [1.165, 1.54) is 4.90 Å². The van der Waals surface area contributed by atoms with E-state index in [0.29, 0.717) is 22.8 Å². The fourth-order valence-corrected chi connectivity index (χ4v) is 5.07. The molecule has 0 aliphatic carbocycles. The highest BCUT2D eigenvalue weighted by molar-refractivity contribution is 9.10. The second kappa shape index (κ2) is 13.7. The Morgan fingerprint density at radius 1 is 0.949 bits per heavy atom. The molecular formula is C28H30BrF2N3O4S. The number of nitrogens with zero attached hydrogens (tertiary/aromatic N) is 2. The van der Waals surface area contributed by atoms with Crippen LogP contribution < -0.4 is 9.62 Å². The number of hydrogen-bond acceptors (Lipinski definition) is 4. The molecule has 1 atom stereocenters. The summed E-state index contributed by atoms with van der Waals surface area (Å²) in [5.41, 5.74) is 1.32. The minimum Gasteiger partial charge on any atom is -0.354 e. The molecule has 0 radical (unpaired) electrons. The van der Waals surface area contributed by atoms with Gasteiger partial charge in [0.05, 0.1) is 11.9 Å². The molecule has 0 saturated heterocycles. The minimum absolute atomic E-state index is 0.0124. The van der Waals surface area contributed by atoms with Gasteiger partial charge in [-0.25, -0.2) is 17.2 Å². The maximum Gasteiger partial charge on any atom is 0.244 e. The van der Waals surface area contributed by atoms with E-state index in [4.69, 9.17) is 0 Å². The van der Waals surface area contributed by atoms with Crippen molar-refractivity contribution in [3.05, 3.63) is 100 Å². The average molecular weight is 623 g/mol. The molecule has 0 heterocycles. The smallest absolute Gasteiger partial charge is 0.244 e. The summed E-state index contributed by atoms with van der Waals surface area (Å²) in [7, 11) is -4.08. The molecule has 0 unspecified atom stereocenters. The standard InChI is InChI=1S/C28H30BrF2N3O4S/c1-3-15-32-28(36)26(16-20-7-5-4-6-8-20)33(18-21-9-11-22(29)12-10-21)27(35)19-34(39(2,37)38)23-13-14-24(30)25(31)17-23/h4-14,17,26H,3,15-16,18-19H2,1-2H3,(H,32,36)/t26-/m0/s1. The van der Waals surface area contributed by atoms with Gasteiger partial charge in [-0.3, -0.25) is 13.9 Å². The van der Waals surface area contributed by atoms with Gasteiger partial charge in [-0.2, -0.15) is 0 Å². The van der Waals surface area contributed by atoms with Crippen LogP contribution in [0.1, 0.15) is 24.5 Å². The van der Waals surface area contributed by atoms with Gasteiger partial charge in [0, 0.05) is 30.0 Å². The zero-order valence-electron chi connectivity index (χ0n) is 21.6. The van der Waals surface area contributed by atoms with Crippen LogP contribution in [0.5, 0.6) is 0 Å². The number of hydrogen-bond donors (Lipinski definition) is 1. The molecule has 0 bridgehead atoms. The second-order valence-corrected chi connectivity index (χ2v) is 11.8. The number of carbonyl (C=O) groups excluding carboxylic acids is 2. The summed E-state index contributed by atoms with van der Waals surface area (Å²) in [5, 5.41) is 2.85. The van der Waals surface area contributed by atoms with Crippen LogP contribution in [0.3, 0.4) is 0 Å². The van der Waals surface area contributed by atoms with Crippen LogP contribution in [-0.4, -0.2) is 50.5 Å². The Labute approximate surface area is 236 Å². The fraction of sp³-hybridized carbons (Fsp3) is 0.286. The number of anilines is 1. The molecular weight excluding hydrogens is 592 g/mol. The molecule has 3 aromatic carbocycles. The van der Waals surface area contributed by atoms with Crippen molar-refractivity contribution in [2.75, 3.05) is 23.7 Å². The van der Waals surface area contributed by atoms with Gasteiger partial charge in [-0.1, -0.05) is 65.3 Å². The number of nitrogens with one attached hydrogen (secondary N) is 1. The van der Waals surface area contributed by atoms with Crippen LogP contribution in [0.25, 0.3) is 0 Å². The van der Waals surface area contributed by atoms with E-state index in [1.54, 1.807) is 24.3 Å². The number of benzene rings is 3. The first-order valence-electron chi connectivity index (χ1n) is 12.3. The molecule has 0 aliphatic heterocycles. The largest absolute Gasteiger partial charge is 0.354 e. The first kappa shape index (κ1) is 30.2. The van der Waals surface area contributed by atoms with Gasteiger partial charge in [0.1, 0.15) is 12.6 Å². The zero-order valence-corrected chi connectivity index (χ0v) is 24.0.